The van der Waals surface area contributed by atoms with E-state index in [1.165, 1.54) is 5.56 Å². The fourth-order valence-electron chi connectivity index (χ4n) is 3.13. The molecule has 23 heavy (non-hydrogen) atoms. The van der Waals surface area contributed by atoms with Gasteiger partial charge in [0.1, 0.15) is 11.6 Å². The van der Waals surface area contributed by atoms with Crippen LogP contribution >= 0.6 is 0 Å². The van der Waals surface area contributed by atoms with Crippen molar-refractivity contribution < 1.29 is 4.79 Å². The van der Waals surface area contributed by atoms with Crippen LogP contribution < -0.4 is 10.6 Å². The second kappa shape index (κ2) is 5.52. The number of nitrogens with zero attached hydrogens (tertiary/aromatic N) is 2. The summed E-state index contributed by atoms with van der Waals surface area (Å²) in [7, 11) is 0. The Morgan fingerprint density at radius 1 is 1.22 bits per heavy atom. The topological polar surface area (TPSA) is 59.0 Å². The summed E-state index contributed by atoms with van der Waals surface area (Å²) in [6.07, 6.45) is 1.73. The number of rotatable bonds is 2. The van der Waals surface area contributed by atoms with Crippen LogP contribution in [0, 0.1) is 6.92 Å². The van der Waals surface area contributed by atoms with E-state index < -0.39 is 0 Å². The highest BCUT2D eigenvalue weighted by atomic mass is 16.1. The van der Waals surface area contributed by atoms with Gasteiger partial charge in [0.25, 0.3) is 5.91 Å². The van der Waals surface area contributed by atoms with E-state index in [9.17, 15) is 4.79 Å². The number of nitrogens with one attached hydrogen (secondary N) is 2. The first-order valence-corrected chi connectivity index (χ1v) is 7.79. The Kier molecular flexibility index (Phi) is 3.35. The van der Waals surface area contributed by atoms with Crippen molar-refractivity contribution in [3.8, 4) is 0 Å². The average molecular weight is 306 g/mol. The molecule has 0 aliphatic carbocycles. The molecular formula is C18H18N4O. The minimum absolute atomic E-state index is 0.0950. The lowest BCUT2D eigenvalue weighted by Crippen LogP contribution is -2.29. The van der Waals surface area contributed by atoms with Gasteiger partial charge < -0.3 is 15.2 Å². The smallest absolute Gasteiger partial charge is 0.257 e. The van der Waals surface area contributed by atoms with E-state index in [-0.39, 0.29) is 5.91 Å². The van der Waals surface area contributed by atoms with Crippen molar-refractivity contribution in [3.63, 3.8) is 0 Å². The van der Waals surface area contributed by atoms with E-state index >= 15 is 0 Å². The minimum atomic E-state index is -0.0950. The molecule has 0 unspecified atom stereocenters. The molecule has 0 fully saturated rings. The first-order chi connectivity index (χ1) is 11.2. The maximum Gasteiger partial charge on any atom is 0.257 e. The molecule has 0 saturated carbocycles. The van der Waals surface area contributed by atoms with Gasteiger partial charge in [0.15, 0.2) is 0 Å². The highest BCUT2D eigenvalue weighted by molar-refractivity contribution is 6.13. The standard InChI is InChI=1S/C18H18N4O/c1-12-6-7-15(14-5-3-2-4-13(12)14)18(23)21-17-11-20-16-10-19-8-9-22(16)17/h2-7,11,19H,8-10H2,1H3,(H,21,23). The van der Waals surface area contributed by atoms with Crippen LogP contribution in [0.2, 0.25) is 0 Å². The molecule has 0 saturated heterocycles. The van der Waals surface area contributed by atoms with Gasteiger partial charge in [-0.1, -0.05) is 30.3 Å². The van der Waals surface area contributed by atoms with E-state index in [0.717, 1.165) is 42.0 Å². The normalized spacial score (nSPS) is 13.8. The Morgan fingerprint density at radius 3 is 2.91 bits per heavy atom. The van der Waals surface area contributed by atoms with Crippen LogP contribution in [0.3, 0.4) is 0 Å². The fraction of sp³-hybridized carbons (Fsp3) is 0.222. The second-order valence-electron chi connectivity index (χ2n) is 5.82. The fourth-order valence-corrected chi connectivity index (χ4v) is 3.13. The van der Waals surface area contributed by atoms with Crippen LogP contribution in [-0.2, 0) is 13.1 Å². The first kappa shape index (κ1) is 14.0. The zero-order chi connectivity index (χ0) is 15.8. The van der Waals surface area contributed by atoms with E-state index in [2.05, 4.69) is 27.1 Å². The molecule has 5 heteroatoms. The summed E-state index contributed by atoms with van der Waals surface area (Å²) in [5.74, 6) is 1.62. The summed E-state index contributed by atoms with van der Waals surface area (Å²) in [5.41, 5.74) is 1.86. The van der Waals surface area contributed by atoms with Crippen molar-refractivity contribution in [2.24, 2.45) is 0 Å². The third kappa shape index (κ3) is 2.39. The summed E-state index contributed by atoms with van der Waals surface area (Å²) in [5, 5.41) is 8.37. The minimum Gasteiger partial charge on any atom is -0.312 e. The Morgan fingerprint density at radius 2 is 2.04 bits per heavy atom. The van der Waals surface area contributed by atoms with Crippen molar-refractivity contribution in [2.75, 3.05) is 11.9 Å². The molecule has 2 N–H and O–H groups in total. The summed E-state index contributed by atoms with van der Waals surface area (Å²) in [6, 6.07) is 11.9. The number of hydrogen-bond donors (Lipinski definition) is 2. The van der Waals surface area contributed by atoms with Gasteiger partial charge in [-0.2, -0.15) is 0 Å². The van der Waals surface area contributed by atoms with Gasteiger partial charge in [0.2, 0.25) is 0 Å². The van der Waals surface area contributed by atoms with E-state index in [0.29, 0.717) is 5.56 Å². The maximum absolute atomic E-state index is 12.8. The average Bonchev–Trinajstić information content (AvgIpc) is 2.98. The SMILES string of the molecule is Cc1ccc(C(=O)Nc2cnc3n2CCNC3)c2ccccc12. The number of fused-ring (bicyclic) bond motifs is 2. The number of amides is 1. The second-order valence-corrected chi connectivity index (χ2v) is 5.82. The number of aromatic nitrogens is 2. The van der Waals surface area contributed by atoms with Gasteiger partial charge in [-0.05, 0) is 29.3 Å². The van der Waals surface area contributed by atoms with Crippen LogP contribution in [-0.4, -0.2) is 22.0 Å². The Balaban J connectivity index is 1.70. The molecule has 2 aromatic carbocycles. The number of imidazole rings is 1. The number of anilines is 1. The molecule has 1 aromatic heterocycles. The summed E-state index contributed by atoms with van der Waals surface area (Å²) < 4.78 is 2.06. The summed E-state index contributed by atoms with van der Waals surface area (Å²) >= 11 is 0. The first-order valence-electron chi connectivity index (χ1n) is 7.79. The molecule has 4 rings (SSSR count). The predicted molar refractivity (Wildman–Crippen MR) is 90.6 cm³/mol. The number of hydrogen-bond acceptors (Lipinski definition) is 3. The summed E-state index contributed by atoms with van der Waals surface area (Å²) in [4.78, 5) is 17.1. The van der Waals surface area contributed by atoms with Crippen molar-refractivity contribution in [1.29, 1.82) is 0 Å². The number of aryl methyl sites for hydroxylation is 1. The quantitative estimate of drug-likeness (QED) is 0.765. The highest BCUT2D eigenvalue weighted by Crippen LogP contribution is 2.23. The molecule has 1 aliphatic rings. The molecule has 0 spiro atoms. The van der Waals surface area contributed by atoms with Crippen molar-refractivity contribution in [1.82, 2.24) is 14.9 Å². The monoisotopic (exact) mass is 306 g/mol. The largest absolute Gasteiger partial charge is 0.312 e. The molecule has 1 amide bonds. The van der Waals surface area contributed by atoms with E-state index in [1.807, 2.05) is 36.4 Å². The summed E-state index contributed by atoms with van der Waals surface area (Å²) in [6.45, 7) is 4.51. The third-order valence-corrected chi connectivity index (χ3v) is 4.36. The van der Waals surface area contributed by atoms with Gasteiger partial charge in [-0.15, -0.1) is 0 Å². The molecule has 0 radical (unpaired) electrons. The van der Waals surface area contributed by atoms with Crippen LogP contribution in [0.5, 0.6) is 0 Å². The van der Waals surface area contributed by atoms with Crippen molar-refractivity contribution >= 4 is 22.5 Å². The zero-order valence-electron chi connectivity index (χ0n) is 13.0. The maximum atomic E-state index is 12.8. The molecule has 3 aromatic rings. The zero-order valence-corrected chi connectivity index (χ0v) is 13.0. The molecule has 2 heterocycles. The third-order valence-electron chi connectivity index (χ3n) is 4.36. The van der Waals surface area contributed by atoms with Gasteiger partial charge >= 0.3 is 0 Å². The molecule has 1 aliphatic heterocycles. The Bertz CT molecular complexity index is 897. The van der Waals surface area contributed by atoms with Crippen LogP contribution in [0.1, 0.15) is 21.7 Å². The van der Waals surface area contributed by atoms with Crippen molar-refractivity contribution in [2.45, 2.75) is 20.0 Å². The van der Waals surface area contributed by atoms with E-state index in [1.54, 1.807) is 6.20 Å². The lowest BCUT2D eigenvalue weighted by Gasteiger charge is -2.18. The molecule has 5 nitrogen and oxygen atoms in total. The Labute approximate surface area is 134 Å². The van der Waals surface area contributed by atoms with Gasteiger partial charge in [0, 0.05) is 18.7 Å². The number of benzene rings is 2. The van der Waals surface area contributed by atoms with Gasteiger partial charge in [0.05, 0.1) is 12.7 Å². The molecule has 0 bridgehead atoms. The lowest BCUT2D eigenvalue weighted by molar-refractivity contribution is 0.102. The highest BCUT2D eigenvalue weighted by Gasteiger charge is 2.17. The lowest BCUT2D eigenvalue weighted by atomic mass is 10.00. The number of carbonyl (C=O) groups is 1. The van der Waals surface area contributed by atoms with Crippen LogP contribution in [0.25, 0.3) is 10.8 Å². The van der Waals surface area contributed by atoms with Gasteiger partial charge in [-0.25, -0.2) is 4.98 Å². The van der Waals surface area contributed by atoms with Crippen molar-refractivity contribution in [3.05, 3.63) is 59.5 Å². The van der Waals surface area contributed by atoms with E-state index in [4.69, 9.17) is 0 Å². The molecule has 0 atom stereocenters. The van der Waals surface area contributed by atoms with Crippen LogP contribution in [0.15, 0.2) is 42.6 Å². The number of carbonyl (C=O) groups excluding carboxylic acids is 1. The van der Waals surface area contributed by atoms with Crippen LogP contribution in [0.4, 0.5) is 5.82 Å². The van der Waals surface area contributed by atoms with Gasteiger partial charge in [-0.3, -0.25) is 4.79 Å². The molecular weight excluding hydrogens is 288 g/mol. The molecule has 116 valence electrons. The predicted octanol–water partition coefficient (Wildman–Crippen LogP) is 2.70. The Hall–Kier alpha value is -2.66.